The summed E-state index contributed by atoms with van der Waals surface area (Å²) in [5, 5.41) is 4.01. The molecule has 0 aliphatic heterocycles. The second-order valence-electron chi connectivity index (χ2n) is 3.46. The van der Waals surface area contributed by atoms with Crippen molar-refractivity contribution < 1.29 is 4.74 Å². The third-order valence-corrected chi connectivity index (χ3v) is 2.54. The molecule has 0 atom stereocenters. The van der Waals surface area contributed by atoms with Crippen LogP contribution < -0.4 is 10.1 Å². The maximum Gasteiger partial charge on any atom is 0.127 e. The maximum atomic E-state index is 6.10. The maximum absolute atomic E-state index is 6.10. The molecule has 0 fully saturated rings. The zero-order valence-electron chi connectivity index (χ0n) is 9.79. The molecule has 0 radical (unpaired) electrons. The Bertz CT molecular complexity index is 350. The average molecular weight is 240 g/mol. The molecule has 0 saturated carbocycles. The van der Waals surface area contributed by atoms with Crippen LogP contribution in [-0.4, -0.2) is 20.2 Å². The molecule has 0 heterocycles. The molecule has 0 bridgehead atoms. The summed E-state index contributed by atoms with van der Waals surface area (Å²) >= 11 is 6.10. The monoisotopic (exact) mass is 239 g/mol. The highest BCUT2D eigenvalue weighted by Crippen LogP contribution is 2.27. The summed E-state index contributed by atoms with van der Waals surface area (Å²) in [5.41, 5.74) is 0.935. The van der Waals surface area contributed by atoms with Crippen molar-refractivity contribution in [1.29, 1.82) is 0 Å². The van der Waals surface area contributed by atoms with Crippen LogP contribution in [0.25, 0.3) is 6.08 Å². The number of rotatable bonds is 6. The smallest absolute Gasteiger partial charge is 0.127 e. The van der Waals surface area contributed by atoms with E-state index in [1.54, 1.807) is 7.11 Å². The molecule has 2 nitrogen and oxygen atoms in total. The first-order valence-electron chi connectivity index (χ1n) is 5.49. The Balaban J connectivity index is 2.64. The fourth-order valence-corrected chi connectivity index (χ4v) is 1.62. The van der Waals surface area contributed by atoms with E-state index >= 15 is 0 Å². The molecule has 3 heteroatoms. The molecular weight excluding hydrogens is 222 g/mol. The summed E-state index contributed by atoms with van der Waals surface area (Å²) in [4.78, 5) is 0. The molecule has 0 aliphatic carbocycles. The molecule has 0 spiro atoms. The van der Waals surface area contributed by atoms with Crippen LogP contribution in [0.5, 0.6) is 5.75 Å². The Hall–Kier alpha value is -0.990. The minimum absolute atomic E-state index is 0.714. The number of hydrogen-bond donors (Lipinski definition) is 1. The second-order valence-corrected chi connectivity index (χ2v) is 3.87. The van der Waals surface area contributed by atoms with E-state index < -0.39 is 0 Å². The van der Waals surface area contributed by atoms with Gasteiger partial charge in [-0.05, 0) is 25.1 Å². The van der Waals surface area contributed by atoms with Crippen LogP contribution >= 0.6 is 11.6 Å². The van der Waals surface area contributed by atoms with Crippen molar-refractivity contribution in [3.05, 3.63) is 34.9 Å². The lowest BCUT2D eigenvalue weighted by atomic mass is 10.2. The van der Waals surface area contributed by atoms with Crippen molar-refractivity contribution in [3.63, 3.8) is 0 Å². The van der Waals surface area contributed by atoms with Gasteiger partial charge in [-0.3, -0.25) is 0 Å². The van der Waals surface area contributed by atoms with Crippen LogP contribution in [0.4, 0.5) is 0 Å². The summed E-state index contributed by atoms with van der Waals surface area (Å²) in [7, 11) is 1.65. The minimum Gasteiger partial charge on any atom is -0.496 e. The summed E-state index contributed by atoms with van der Waals surface area (Å²) in [6.07, 6.45) is 5.19. The van der Waals surface area contributed by atoms with Crippen LogP contribution in [-0.2, 0) is 0 Å². The van der Waals surface area contributed by atoms with Gasteiger partial charge in [0, 0.05) is 12.1 Å². The lowest BCUT2D eigenvalue weighted by Gasteiger charge is -2.06. The summed E-state index contributed by atoms with van der Waals surface area (Å²) in [6.45, 7) is 4.03. The number of hydrogen-bond acceptors (Lipinski definition) is 2. The second kappa shape index (κ2) is 7.31. The van der Waals surface area contributed by atoms with Gasteiger partial charge in [0.25, 0.3) is 0 Å². The Kier molecular flexibility index (Phi) is 5.98. The van der Waals surface area contributed by atoms with Gasteiger partial charge < -0.3 is 10.1 Å². The van der Waals surface area contributed by atoms with E-state index in [2.05, 4.69) is 18.3 Å². The van der Waals surface area contributed by atoms with Gasteiger partial charge in [0.2, 0.25) is 0 Å². The van der Waals surface area contributed by atoms with Gasteiger partial charge in [-0.15, -0.1) is 0 Å². The third-order valence-electron chi connectivity index (χ3n) is 2.21. The fraction of sp³-hybridized carbons (Fsp3) is 0.385. The molecule has 0 aromatic heterocycles. The first-order valence-corrected chi connectivity index (χ1v) is 5.87. The zero-order valence-corrected chi connectivity index (χ0v) is 10.6. The highest BCUT2D eigenvalue weighted by molar-refractivity contribution is 6.32. The molecule has 0 amide bonds. The Morgan fingerprint density at radius 1 is 1.44 bits per heavy atom. The van der Waals surface area contributed by atoms with Crippen LogP contribution in [0.2, 0.25) is 5.02 Å². The normalized spacial score (nSPS) is 10.9. The quantitative estimate of drug-likeness (QED) is 0.769. The highest BCUT2D eigenvalue weighted by Gasteiger charge is 2.02. The predicted octanol–water partition coefficient (Wildman–Crippen LogP) is 3.36. The van der Waals surface area contributed by atoms with Gasteiger partial charge in [-0.25, -0.2) is 0 Å². The van der Waals surface area contributed by atoms with Gasteiger partial charge >= 0.3 is 0 Å². The first kappa shape index (κ1) is 13.1. The summed E-state index contributed by atoms with van der Waals surface area (Å²) in [5.74, 6) is 0.805. The van der Waals surface area contributed by atoms with Crippen LogP contribution in [0.3, 0.4) is 0 Å². The Morgan fingerprint density at radius 2 is 2.25 bits per heavy atom. The Morgan fingerprint density at radius 3 is 2.94 bits per heavy atom. The summed E-state index contributed by atoms with van der Waals surface area (Å²) < 4.78 is 5.25. The van der Waals surface area contributed by atoms with Gasteiger partial charge in [0.1, 0.15) is 5.75 Å². The lowest BCUT2D eigenvalue weighted by molar-refractivity contribution is 0.414. The highest BCUT2D eigenvalue weighted by atomic mass is 35.5. The van der Waals surface area contributed by atoms with E-state index in [1.165, 1.54) is 0 Å². The third kappa shape index (κ3) is 3.87. The number of halogens is 1. The van der Waals surface area contributed by atoms with E-state index in [-0.39, 0.29) is 0 Å². The van der Waals surface area contributed by atoms with Crippen molar-refractivity contribution in [2.45, 2.75) is 13.3 Å². The molecular formula is C13H18ClNO. The Labute approximate surface area is 102 Å². The van der Waals surface area contributed by atoms with E-state index in [0.717, 1.165) is 30.8 Å². The lowest BCUT2D eigenvalue weighted by Crippen LogP contribution is -2.13. The molecule has 0 aliphatic rings. The van der Waals surface area contributed by atoms with Gasteiger partial charge in [0.15, 0.2) is 0 Å². The van der Waals surface area contributed by atoms with E-state index in [4.69, 9.17) is 16.3 Å². The van der Waals surface area contributed by atoms with Crippen molar-refractivity contribution >= 4 is 17.7 Å². The number of nitrogens with one attached hydrogen (secondary N) is 1. The van der Waals surface area contributed by atoms with Crippen LogP contribution in [0, 0.1) is 0 Å². The molecule has 1 aromatic rings. The summed E-state index contributed by atoms with van der Waals surface area (Å²) in [6, 6.07) is 5.65. The van der Waals surface area contributed by atoms with E-state index in [1.807, 2.05) is 24.3 Å². The van der Waals surface area contributed by atoms with Crippen molar-refractivity contribution in [1.82, 2.24) is 5.32 Å². The van der Waals surface area contributed by atoms with E-state index in [9.17, 15) is 0 Å². The van der Waals surface area contributed by atoms with Crippen molar-refractivity contribution in [2.24, 2.45) is 0 Å². The first-order chi connectivity index (χ1) is 7.79. The predicted molar refractivity (Wildman–Crippen MR) is 70.2 cm³/mol. The topological polar surface area (TPSA) is 21.3 Å². The van der Waals surface area contributed by atoms with Crippen LogP contribution in [0.1, 0.15) is 18.9 Å². The molecule has 1 rings (SSSR count). The fourth-order valence-electron chi connectivity index (χ4n) is 1.40. The molecule has 0 unspecified atom stereocenters. The largest absolute Gasteiger partial charge is 0.496 e. The van der Waals surface area contributed by atoms with E-state index in [0.29, 0.717) is 5.02 Å². The van der Waals surface area contributed by atoms with Crippen molar-refractivity contribution in [3.8, 4) is 5.75 Å². The van der Waals surface area contributed by atoms with Gasteiger partial charge in [-0.1, -0.05) is 36.7 Å². The van der Waals surface area contributed by atoms with Gasteiger partial charge in [-0.2, -0.15) is 0 Å². The molecule has 16 heavy (non-hydrogen) atoms. The number of methoxy groups -OCH3 is 1. The van der Waals surface area contributed by atoms with Crippen molar-refractivity contribution in [2.75, 3.05) is 20.2 Å². The number of benzene rings is 1. The standard InChI is InChI=1S/C13H18ClNO/c1-3-9-15-10-5-6-11-12(14)7-4-8-13(11)16-2/h4-8,15H,3,9-10H2,1-2H3/b6-5+. The SMILES string of the molecule is CCCNC/C=C/c1c(Cl)cccc1OC. The zero-order chi connectivity index (χ0) is 11.8. The molecule has 0 saturated heterocycles. The molecule has 1 aromatic carbocycles. The average Bonchev–Trinajstić information content (AvgIpc) is 2.30. The van der Waals surface area contributed by atoms with Crippen LogP contribution in [0.15, 0.2) is 24.3 Å². The van der Waals surface area contributed by atoms with Gasteiger partial charge in [0.05, 0.1) is 12.1 Å². The molecule has 88 valence electrons. The number of ether oxygens (including phenoxy) is 1. The minimum atomic E-state index is 0.714. The molecule has 1 N–H and O–H groups in total.